The van der Waals surface area contributed by atoms with Crippen LogP contribution in [0.1, 0.15) is 59.4 Å². The van der Waals surface area contributed by atoms with Crippen LogP contribution in [-0.4, -0.2) is 124 Å². The Bertz CT molecular complexity index is 1490. The molecule has 0 radical (unpaired) electrons. The number of aliphatic carboxylic acids is 1. The topological polar surface area (TPSA) is 321 Å². The van der Waals surface area contributed by atoms with E-state index in [0.717, 1.165) is 0 Å². The number of primary amides is 1. The number of hydrogen-bond donors (Lipinski definition) is 11. The third kappa shape index (κ3) is 17.4. The van der Waals surface area contributed by atoms with Crippen molar-refractivity contribution in [1.29, 1.82) is 0 Å². The first-order valence-corrected chi connectivity index (χ1v) is 19.1. The Hall–Kier alpha value is -4.95. The lowest BCUT2D eigenvalue weighted by molar-refractivity contribution is -0.142. The van der Waals surface area contributed by atoms with Crippen LogP contribution in [-0.2, 0) is 44.8 Å². The first-order chi connectivity index (χ1) is 25.7. The second-order valence-corrected chi connectivity index (χ2v) is 14.8. The molecule has 1 aromatic carbocycles. The molecule has 55 heavy (non-hydrogen) atoms. The molecule has 0 aliphatic rings. The van der Waals surface area contributed by atoms with Crippen molar-refractivity contribution in [2.75, 3.05) is 18.6 Å². The van der Waals surface area contributed by atoms with Gasteiger partial charge < -0.3 is 58.7 Å². The van der Waals surface area contributed by atoms with Crippen molar-refractivity contribution in [2.45, 2.75) is 103 Å². The molecule has 1 rings (SSSR count). The highest BCUT2D eigenvalue weighted by Crippen LogP contribution is 2.13. The Kier molecular flexibility index (Phi) is 20.8. The summed E-state index contributed by atoms with van der Waals surface area (Å²) in [4.78, 5) is 103. The number of nitrogens with two attached hydrogens (primary N) is 2. The molecule has 7 unspecified atom stereocenters. The number of carbonyl (C=O) groups excluding carboxylic acids is 7. The molecule has 0 saturated carbocycles. The standard InChI is InChI=1S/C35H56N8O11S/c1-17(2)13-23(31(49)42-25(15-27(36)46)30(48)38-19(5)35(53)54)40-32(50)24(14-20-7-9-21(45)10-8-20)41-33(51)26(16-44)43-29(47)22(11-12-55-6)39-34(52)28(37)18(3)4/h7-10,17-19,22-26,28,44-45H,11-16,37H2,1-6H3,(H2,36,46)(H,38,48)(H,39,52)(H,40,50)(H,41,51)(H,42,49)(H,43,47)(H,53,54). The van der Waals surface area contributed by atoms with E-state index < -0.39 is 103 Å². The molecule has 0 aliphatic carbocycles. The average molecular weight is 797 g/mol. The van der Waals surface area contributed by atoms with Gasteiger partial charge in [-0.2, -0.15) is 11.8 Å². The average Bonchev–Trinajstić information content (AvgIpc) is 3.10. The molecule has 0 fully saturated rings. The van der Waals surface area contributed by atoms with E-state index in [-0.39, 0.29) is 36.8 Å². The fraction of sp³-hybridized carbons (Fsp3) is 0.600. The fourth-order valence-electron chi connectivity index (χ4n) is 4.92. The van der Waals surface area contributed by atoms with Crippen LogP contribution in [0.3, 0.4) is 0 Å². The van der Waals surface area contributed by atoms with Crippen LogP contribution in [0.2, 0.25) is 0 Å². The predicted molar refractivity (Wildman–Crippen MR) is 203 cm³/mol. The number of amides is 7. The van der Waals surface area contributed by atoms with Gasteiger partial charge in [0.2, 0.25) is 41.4 Å². The Labute approximate surface area is 324 Å². The zero-order valence-corrected chi connectivity index (χ0v) is 32.7. The number of carboxylic acid groups (broad SMARTS) is 1. The van der Waals surface area contributed by atoms with Gasteiger partial charge in [-0.3, -0.25) is 38.4 Å². The zero-order chi connectivity index (χ0) is 42.0. The Morgan fingerprint density at radius 1 is 0.691 bits per heavy atom. The van der Waals surface area contributed by atoms with Gasteiger partial charge in [0.15, 0.2) is 0 Å². The molecular weight excluding hydrogens is 740 g/mol. The summed E-state index contributed by atoms with van der Waals surface area (Å²) in [6.07, 6.45) is 1.10. The molecule has 0 aromatic heterocycles. The van der Waals surface area contributed by atoms with E-state index in [1.807, 2.05) is 0 Å². The van der Waals surface area contributed by atoms with Gasteiger partial charge in [0.25, 0.3) is 0 Å². The van der Waals surface area contributed by atoms with E-state index in [1.165, 1.54) is 43.0 Å². The summed E-state index contributed by atoms with van der Waals surface area (Å²) < 4.78 is 0. The van der Waals surface area contributed by atoms with Gasteiger partial charge in [0, 0.05) is 6.42 Å². The Morgan fingerprint density at radius 3 is 1.67 bits per heavy atom. The molecular formula is C35H56N8O11S. The zero-order valence-electron chi connectivity index (χ0n) is 31.9. The van der Waals surface area contributed by atoms with Gasteiger partial charge in [0.1, 0.15) is 42.0 Å². The molecule has 7 atom stereocenters. The van der Waals surface area contributed by atoms with E-state index in [9.17, 15) is 53.7 Å². The first-order valence-electron chi connectivity index (χ1n) is 17.7. The normalized spacial score (nSPS) is 14.9. The lowest BCUT2D eigenvalue weighted by atomic mass is 10.00. The van der Waals surface area contributed by atoms with Gasteiger partial charge in [-0.05, 0) is 61.3 Å². The third-order valence-electron chi connectivity index (χ3n) is 8.20. The quantitative estimate of drug-likeness (QED) is 0.0521. The minimum Gasteiger partial charge on any atom is -0.508 e. The number of thioether (sulfide) groups is 1. The maximum absolute atomic E-state index is 13.9. The van der Waals surface area contributed by atoms with E-state index in [0.29, 0.717) is 11.3 Å². The lowest BCUT2D eigenvalue weighted by Crippen LogP contribution is -2.61. The van der Waals surface area contributed by atoms with E-state index >= 15 is 0 Å². The third-order valence-corrected chi connectivity index (χ3v) is 8.84. The number of aromatic hydroxyl groups is 1. The van der Waals surface area contributed by atoms with Crippen LogP contribution in [0.5, 0.6) is 5.75 Å². The van der Waals surface area contributed by atoms with Crippen molar-refractivity contribution in [3.63, 3.8) is 0 Å². The van der Waals surface area contributed by atoms with Crippen molar-refractivity contribution in [3.8, 4) is 5.75 Å². The van der Waals surface area contributed by atoms with Crippen molar-refractivity contribution in [2.24, 2.45) is 23.3 Å². The van der Waals surface area contributed by atoms with Gasteiger partial charge in [0.05, 0.1) is 19.1 Å². The molecule has 13 N–H and O–H groups in total. The number of carboxylic acids is 1. The van der Waals surface area contributed by atoms with Crippen LogP contribution in [0.15, 0.2) is 24.3 Å². The summed E-state index contributed by atoms with van der Waals surface area (Å²) in [7, 11) is 0. The first kappa shape index (κ1) is 48.1. The highest BCUT2D eigenvalue weighted by atomic mass is 32.2. The minimum absolute atomic E-state index is 0.00678. The van der Waals surface area contributed by atoms with Crippen LogP contribution < -0.4 is 43.4 Å². The molecule has 7 amide bonds. The highest BCUT2D eigenvalue weighted by Gasteiger charge is 2.34. The smallest absolute Gasteiger partial charge is 0.325 e. The summed E-state index contributed by atoms with van der Waals surface area (Å²) >= 11 is 1.41. The van der Waals surface area contributed by atoms with Crippen LogP contribution in [0.25, 0.3) is 0 Å². The fourth-order valence-corrected chi connectivity index (χ4v) is 5.40. The van der Waals surface area contributed by atoms with Crippen molar-refractivity contribution < 1.29 is 53.7 Å². The molecule has 0 heterocycles. The van der Waals surface area contributed by atoms with Crippen molar-refractivity contribution in [3.05, 3.63) is 29.8 Å². The van der Waals surface area contributed by atoms with Gasteiger partial charge in [-0.25, -0.2) is 0 Å². The number of aliphatic hydroxyl groups excluding tert-OH is 1. The Morgan fingerprint density at radius 2 is 1.16 bits per heavy atom. The summed E-state index contributed by atoms with van der Waals surface area (Å²) in [5, 5.41) is 43.6. The summed E-state index contributed by atoms with van der Waals surface area (Å²) in [6, 6.07) is -3.69. The summed E-state index contributed by atoms with van der Waals surface area (Å²) in [5.41, 5.74) is 11.7. The lowest BCUT2D eigenvalue weighted by Gasteiger charge is -2.27. The molecule has 308 valence electrons. The number of nitrogens with one attached hydrogen (secondary N) is 6. The van der Waals surface area contributed by atoms with Crippen LogP contribution in [0.4, 0.5) is 0 Å². The van der Waals surface area contributed by atoms with Crippen molar-refractivity contribution >= 4 is 59.1 Å². The van der Waals surface area contributed by atoms with Gasteiger partial charge >= 0.3 is 5.97 Å². The number of carbonyl (C=O) groups is 8. The van der Waals surface area contributed by atoms with E-state index in [1.54, 1.807) is 34.0 Å². The second-order valence-electron chi connectivity index (χ2n) is 13.8. The molecule has 19 nitrogen and oxygen atoms in total. The number of benzene rings is 1. The number of rotatable bonds is 24. The summed E-state index contributed by atoms with van der Waals surface area (Å²) in [6.45, 7) is 7.23. The van der Waals surface area contributed by atoms with E-state index in [4.69, 9.17) is 11.5 Å². The SMILES string of the molecule is CSCCC(NC(=O)C(N)C(C)C)C(=O)NC(CO)C(=O)NC(Cc1ccc(O)cc1)C(=O)NC(CC(C)C)C(=O)NC(CC(N)=O)C(=O)NC(C)C(=O)O. The molecule has 1 aromatic rings. The number of phenolic OH excluding ortho intramolecular Hbond substituents is 1. The van der Waals surface area contributed by atoms with Crippen molar-refractivity contribution in [1.82, 2.24) is 31.9 Å². The number of phenols is 1. The second kappa shape index (κ2) is 23.8. The predicted octanol–water partition coefficient (Wildman–Crippen LogP) is -2.40. The largest absolute Gasteiger partial charge is 0.508 e. The molecule has 20 heteroatoms. The monoisotopic (exact) mass is 796 g/mol. The summed E-state index contributed by atoms with van der Waals surface area (Å²) in [5.74, 6) is -7.60. The van der Waals surface area contributed by atoms with Crippen LogP contribution >= 0.6 is 11.8 Å². The van der Waals surface area contributed by atoms with E-state index in [2.05, 4.69) is 31.9 Å². The maximum Gasteiger partial charge on any atom is 0.325 e. The van der Waals surface area contributed by atoms with Gasteiger partial charge in [-0.15, -0.1) is 0 Å². The number of hydrogen-bond acceptors (Lipinski definition) is 12. The minimum atomic E-state index is -1.59. The van der Waals surface area contributed by atoms with Crippen LogP contribution in [0, 0.1) is 11.8 Å². The highest BCUT2D eigenvalue weighted by molar-refractivity contribution is 7.98. The molecule has 0 bridgehead atoms. The Balaban J connectivity index is 3.37. The molecule has 0 aliphatic heterocycles. The molecule has 0 saturated heterocycles. The molecule has 0 spiro atoms. The van der Waals surface area contributed by atoms with Gasteiger partial charge in [-0.1, -0.05) is 39.8 Å². The number of aliphatic hydroxyl groups is 1. The maximum atomic E-state index is 13.9.